The van der Waals surface area contributed by atoms with Gasteiger partial charge in [-0.05, 0) is 97.5 Å². The molecule has 1 saturated carbocycles. The number of benzene rings is 5. The molecule has 2 fully saturated rings. The van der Waals surface area contributed by atoms with Crippen LogP contribution in [-0.2, 0) is 41.7 Å². The van der Waals surface area contributed by atoms with Crippen LogP contribution in [0.4, 0.5) is 20.2 Å². The number of thiazole rings is 1. The van der Waals surface area contributed by atoms with Crippen molar-refractivity contribution in [2.75, 3.05) is 58.2 Å². The van der Waals surface area contributed by atoms with Crippen molar-refractivity contribution in [1.29, 1.82) is 0 Å². The molecule has 22 heteroatoms. The molecular weight excluding hydrogens is 1100 g/mol. The normalized spacial score (nSPS) is 16.4. The molecule has 3 atom stereocenters. The van der Waals surface area contributed by atoms with Crippen LogP contribution < -0.4 is 34.9 Å². The van der Waals surface area contributed by atoms with Gasteiger partial charge in [0.15, 0.2) is 23.1 Å². The number of halogens is 2. The van der Waals surface area contributed by atoms with E-state index in [9.17, 15) is 33.5 Å². The third-order valence-electron chi connectivity index (χ3n) is 15.1. The van der Waals surface area contributed by atoms with Crippen molar-refractivity contribution in [3.63, 3.8) is 0 Å². The van der Waals surface area contributed by atoms with E-state index in [4.69, 9.17) is 34.2 Å². The first-order chi connectivity index (χ1) is 40.5. The fourth-order valence-corrected chi connectivity index (χ4v) is 11.4. The standard InChI is InChI=1S/C62H63F2N7O12S/c1-36(2)55(70-33-40-7-5-6-8-45(40)58(70)74)59(75)69-34-44(72)29-49(69)57(73)67-32-39-10-9-38(56-37(3)68-35-84-56)27-52(39)81-25-23-79-21-22-80-24-26-82-54-31-48-46(30-53(54)78-4)50(17-20-66-48)83-51-16-15-43(28-47(51)64)71(42-13-11-41(63)12-14-42)61(77)62(18-19-62)60(65)76/h5-17,20,27-28,30-31,35-36,44,49,55,72H,18-19,21-26,29,32-34H2,1-4H3,(H2,65,76)(H,67,73)/t44-,49+,55+/m1/s1. The minimum absolute atomic E-state index is 0.0327. The van der Waals surface area contributed by atoms with Gasteiger partial charge >= 0.3 is 0 Å². The number of nitrogens with zero attached hydrogens (tertiary/aromatic N) is 5. The number of rotatable bonds is 25. The Morgan fingerprint density at radius 2 is 1.55 bits per heavy atom. The Hall–Kier alpha value is -8.57. The molecule has 4 heterocycles. The molecular formula is C62H63F2N7O12S. The van der Waals surface area contributed by atoms with E-state index in [1.54, 1.807) is 40.7 Å². The predicted octanol–water partition coefficient (Wildman–Crippen LogP) is 8.43. The first-order valence-corrected chi connectivity index (χ1v) is 28.4. The van der Waals surface area contributed by atoms with Gasteiger partial charge in [-0.25, -0.2) is 13.8 Å². The van der Waals surface area contributed by atoms with Crippen molar-refractivity contribution in [2.45, 2.75) is 71.3 Å². The van der Waals surface area contributed by atoms with Gasteiger partial charge in [0.1, 0.15) is 48.0 Å². The average molecular weight is 1170 g/mol. The number of fused-ring (bicyclic) bond motifs is 2. The molecule has 1 aliphatic carbocycles. The summed E-state index contributed by atoms with van der Waals surface area (Å²) >= 11 is 1.50. The number of anilines is 2. The van der Waals surface area contributed by atoms with Crippen LogP contribution in [0.5, 0.6) is 28.7 Å². The van der Waals surface area contributed by atoms with Crippen molar-refractivity contribution in [3.05, 3.63) is 149 Å². The number of nitrogens with two attached hydrogens (primary N) is 1. The molecule has 438 valence electrons. The summed E-state index contributed by atoms with van der Waals surface area (Å²) < 4.78 is 65.5. The second-order valence-electron chi connectivity index (χ2n) is 21.0. The summed E-state index contributed by atoms with van der Waals surface area (Å²) in [6, 6.07) is 25.0. The van der Waals surface area contributed by atoms with E-state index in [0.29, 0.717) is 39.3 Å². The van der Waals surface area contributed by atoms with Gasteiger partial charge in [-0.1, -0.05) is 44.2 Å². The Bertz CT molecular complexity index is 3600. The zero-order valence-corrected chi connectivity index (χ0v) is 47.5. The summed E-state index contributed by atoms with van der Waals surface area (Å²) in [5, 5.41) is 14.3. The fourth-order valence-electron chi connectivity index (χ4n) is 10.6. The Kier molecular flexibility index (Phi) is 17.8. The lowest BCUT2D eigenvalue weighted by Gasteiger charge is -2.35. The molecule has 1 saturated heterocycles. The van der Waals surface area contributed by atoms with Crippen molar-refractivity contribution in [2.24, 2.45) is 17.1 Å². The lowest BCUT2D eigenvalue weighted by atomic mass is 10.0. The van der Waals surface area contributed by atoms with E-state index in [1.807, 2.05) is 51.1 Å². The van der Waals surface area contributed by atoms with E-state index in [2.05, 4.69) is 15.3 Å². The maximum atomic E-state index is 15.9. The number of carbonyl (C=O) groups excluding carboxylic acids is 5. The molecule has 7 aromatic rings. The number of aliphatic hydroxyl groups excluding tert-OH is 1. The number of ether oxygens (including phenoxy) is 6. The van der Waals surface area contributed by atoms with Crippen LogP contribution in [0, 0.1) is 29.9 Å². The SMILES string of the molecule is COc1cc2c(Oc3ccc(N(C(=O)C4(C(N)=O)CC4)c4ccc(F)cc4)cc3F)ccnc2cc1OCCOCCOCCOc1cc(-c2scnc2C)ccc1CNC(=O)[C@@H]1C[C@@H](O)CN1C(=O)[C@H](C(C)C)N1Cc2ccccc2C1=O. The van der Waals surface area contributed by atoms with E-state index in [1.165, 1.54) is 53.8 Å². The minimum atomic E-state index is -1.44. The highest BCUT2D eigenvalue weighted by Crippen LogP contribution is 2.49. The summed E-state index contributed by atoms with van der Waals surface area (Å²) in [5.41, 5.74) is 10.5. The molecule has 5 amide bonds. The van der Waals surface area contributed by atoms with Crippen LogP contribution in [-0.4, -0.2) is 126 Å². The summed E-state index contributed by atoms with van der Waals surface area (Å²) in [5.74, 6) is -2.79. The Labute approximate surface area is 487 Å². The topological polar surface area (TPSA) is 235 Å². The molecule has 2 aromatic heterocycles. The zero-order chi connectivity index (χ0) is 59.2. The second-order valence-corrected chi connectivity index (χ2v) is 21.9. The van der Waals surface area contributed by atoms with Gasteiger partial charge < -0.3 is 54.4 Å². The number of carbonyl (C=O) groups is 5. The number of β-amino-alcohol motifs (C(OH)–C–C–N with tert-alkyl or cyclic N) is 1. The van der Waals surface area contributed by atoms with E-state index >= 15 is 4.39 Å². The van der Waals surface area contributed by atoms with Gasteiger partial charge in [0.2, 0.25) is 23.6 Å². The number of aliphatic hydroxyl groups is 1. The number of aromatic nitrogens is 2. The van der Waals surface area contributed by atoms with Gasteiger partial charge in [0.25, 0.3) is 5.91 Å². The maximum Gasteiger partial charge on any atom is 0.255 e. The second kappa shape index (κ2) is 25.5. The molecule has 0 radical (unpaired) electrons. The third-order valence-corrected chi connectivity index (χ3v) is 16.1. The highest BCUT2D eigenvalue weighted by molar-refractivity contribution is 7.13. The van der Waals surface area contributed by atoms with Crippen LogP contribution in [0.1, 0.15) is 60.3 Å². The maximum absolute atomic E-state index is 15.9. The Morgan fingerprint density at radius 1 is 0.833 bits per heavy atom. The van der Waals surface area contributed by atoms with Gasteiger partial charge in [-0.15, -0.1) is 11.3 Å². The van der Waals surface area contributed by atoms with Gasteiger partial charge in [-0.2, -0.15) is 0 Å². The molecule has 10 rings (SSSR count). The molecule has 4 N–H and O–H groups in total. The number of methoxy groups -OCH3 is 1. The first kappa shape index (κ1) is 58.6. The van der Waals surface area contributed by atoms with Crippen LogP contribution in [0.3, 0.4) is 0 Å². The zero-order valence-electron chi connectivity index (χ0n) is 46.7. The number of likely N-dealkylation sites (tertiary alicyclic amines) is 1. The number of hydrogen-bond donors (Lipinski definition) is 3. The van der Waals surface area contributed by atoms with Crippen LogP contribution in [0.25, 0.3) is 21.3 Å². The van der Waals surface area contributed by atoms with Crippen molar-refractivity contribution in [3.8, 4) is 39.2 Å². The number of nitrogens with one attached hydrogen (secondary N) is 1. The summed E-state index contributed by atoms with van der Waals surface area (Å²) in [4.78, 5) is 81.8. The molecule has 0 unspecified atom stereocenters. The minimum Gasteiger partial charge on any atom is -0.493 e. The van der Waals surface area contributed by atoms with Gasteiger partial charge in [0, 0.05) is 66.6 Å². The summed E-state index contributed by atoms with van der Waals surface area (Å²) in [7, 11) is 1.47. The molecule has 0 bridgehead atoms. The molecule has 84 heavy (non-hydrogen) atoms. The quantitative estimate of drug-likeness (QED) is 0.0360. The van der Waals surface area contributed by atoms with E-state index in [-0.39, 0.29) is 119 Å². The van der Waals surface area contributed by atoms with E-state index < -0.39 is 53.0 Å². The predicted molar refractivity (Wildman–Crippen MR) is 307 cm³/mol. The number of hydrogen-bond acceptors (Lipinski definition) is 15. The average Bonchev–Trinajstić information content (AvgIpc) is 3.29. The van der Waals surface area contributed by atoms with Crippen molar-refractivity contribution in [1.82, 2.24) is 25.1 Å². The Balaban J connectivity index is 0.703. The Morgan fingerprint density at radius 3 is 2.21 bits per heavy atom. The summed E-state index contributed by atoms with van der Waals surface area (Å²) in [6.45, 7) is 7.23. The third kappa shape index (κ3) is 12.5. The van der Waals surface area contributed by atoms with Gasteiger partial charge in [-0.3, -0.25) is 33.9 Å². The molecule has 19 nitrogen and oxygen atoms in total. The lowest BCUT2D eigenvalue weighted by molar-refractivity contribution is -0.143. The number of amides is 5. The largest absolute Gasteiger partial charge is 0.493 e. The molecule has 5 aromatic carbocycles. The monoisotopic (exact) mass is 1170 g/mol. The van der Waals surface area contributed by atoms with Crippen LogP contribution in [0.2, 0.25) is 0 Å². The van der Waals surface area contributed by atoms with Crippen LogP contribution in [0.15, 0.2) is 115 Å². The van der Waals surface area contributed by atoms with Crippen LogP contribution >= 0.6 is 11.3 Å². The van der Waals surface area contributed by atoms with Gasteiger partial charge in [0.05, 0.1) is 66.9 Å². The molecule has 3 aliphatic rings. The first-order valence-electron chi connectivity index (χ1n) is 27.5. The fraction of sp³-hybridized carbons (Fsp3) is 0.339. The summed E-state index contributed by atoms with van der Waals surface area (Å²) in [6.07, 6.45) is 1.11. The smallest absolute Gasteiger partial charge is 0.255 e. The van der Waals surface area contributed by atoms with Crippen molar-refractivity contribution >= 4 is 63.2 Å². The van der Waals surface area contributed by atoms with Crippen molar-refractivity contribution < 1.29 is 66.3 Å². The lowest BCUT2D eigenvalue weighted by Crippen LogP contribution is -2.55. The highest BCUT2D eigenvalue weighted by Gasteiger charge is 2.57. The number of aryl methyl sites for hydroxylation is 1. The number of pyridine rings is 1. The number of primary amides is 1. The highest BCUT2D eigenvalue weighted by atomic mass is 32.1. The molecule has 0 spiro atoms. The molecule has 2 aliphatic heterocycles. The van der Waals surface area contributed by atoms with E-state index in [0.717, 1.165) is 44.8 Å².